The molecule has 1 unspecified atom stereocenters. The van der Waals surface area contributed by atoms with Crippen LogP contribution in [-0.4, -0.2) is 12.1 Å². The van der Waals surface area contributed by atoms with Crippen molar-refractivity contribution in [2.75, 3.05) is 12.4 Å². The third kappa shape index (κ3) is 3.31. The minimum absolute atomic E-state index is 0.0723. The second kappa shape index (κ2) is 5.98. The maximum atomic E-state index is 5.25. The maximum Gasteiger partial charge on any atom is 0.122 e. The van der Waals surface area contributed by atoms with Crippen LogP contribution in [0.5, 0.6) is 0 Å². The van der Waals surface area contributed by atoms with Gasteiger partial charge in [-0.1, -0.05) is 17.7 Å². The average Bonchev–Trinajstić information content (AvgIpc) is 2.86. The van der Waals surface area contributed by atoms with Crippen molar-refractivity contribution in [2.45, 2.75) is 26.5 Å². The molecule has 2 rings (SSSR count). The zero-order chi connectivity index (χ0) is 13.0. The van der Waals surface area contributed by atoms with Gasteiger partial charge in [0.05, 0.1) is 12.2 Å². The lowest BCUT2D eigenvalue weighted by Gasteiger charge is -2.05. The lowest BCUT2D eigenvalue weighted by atomic mass is 10.2. The van der Waals surface area contributed by atoms with Crippen LogP contribution in [0.3, 0.4) is 0 Å². The largest absolute Gasteiger partial charge is 0.379 e. The number of hydrogen-bond donors (Lipinski definition) is 1. The van der Waals surface area contributed by atoms with E-state index >= 15 is 0 Å². The SMILES string of the molecule is COC(C)c1nc(CNc2ccc(C)cc2)cs1. The Balaban J connectivity index is 1.94. The lowest BCUT2D eigenvalue weighted by molar-refractivity contribution is 0.119. The summed E-state index contributed by atoms with van der Waals surface area (Å²) in [7, 11) is 1.70. The molecule has 0 bridgehead atoms. The van der Waals surface area contributed by atoms with E-state index in [1.54, 1.807) is 18.4 Å². The number of aryl methyl sites for hydroxylation is 1. The van der Waals surface area contributed by atoms with Gasteiger partial charge in [0.2, 0.25) is 0 Å². The summed E-state index contributed by atoms with van der Waals surface area (Å²) >= 11 is 1.64. The lowest BCUT2D eigenvalue weighted by Crippen LogP contribution is -2.01. The fraction of sp³-hybridized carbons (Fsp3) is 0.357. The Bertz CT molecular complexity index is 493. The summed E-state index contributed by atoms with van der Waals surface area (Å²) in [6.07, 6.45) is 0.0723. The predicted octanol–water partition coefficient (Wildman–Crippen LogP) is 3.77. The first-order valence-corrected chi connectivity index (χ1v) is 6.84. The van der Waals surface area contributed by atoms with Crippen LogP contribution < -0.4 is 5.32 Å². The van der Waals surface area contributed by atoms with Gasteiger partial charge in [-0.25, -0.2) is 4.98 Å². The number of hydrogen-bond acceptors (Lipinski definition) is 4. The first-order valence-electron chi connectivity index (χ1n) is 5.96. The standard InChI is InChI=1S/C14H18N2OS/c1-10-4-6-12(7-5-10)15-8-13-9-18-14(16-13)11(2)17-3/h4-7,9,11,15H,8H2,1-3H3. The summed E-state index contributed by atoms with van der Waals surface area (Å²) in [6.45, 7) is 4.84. The molecule has 3 nitrogen and oxygen atoms in total. The summed E-state index contributed by atoms with van der Waals surface area (Å²) in [5.74, 6) is 0. The smallest absolute Gasteiger partial charge is 0.122 e. The molecule has 1 atom stereocenters. The number of rotatable bonds is 5. The number of aromatic nitrogens is 1. The Labute approximate surface area is 112 Å². The number of methoxy groups -OCH3 is 1. The number of thiazole rings is 1. The highest BCUT2D eigenvalue weighted by atomic mass is 32.1. The molecule has 1 N–H and O–H groups in total. The van der Waals surface area contributed by atoms with Crippen LogP contribution in [0.25, 0.3) is 0 Å². The molecule has 0 spiro atoms. The Morgan fingerprint density at radius 3 is 2.72 bits per heavy atom. The van der Waals surface area contributed by atoms with E-state index in [1.165, 1.54) is 5.56 Å². The number of nitrogens with zero attached hydrogens (tertiary/aromatic N) is 1. The Kier molecular flexibility index (Phi) is 4.33. The van der Waals surface area contributed by atoms with Crippen LogP contribution in [-0.2, 0) is 11.3 Å². The van der Waals surface area contributed by atoms with Crippen molar-refractivity contribution in [1.82, 2.24) is 4.98 Å². The molecule has 96 valence electrons. The Hall–Kier alpha value is -1.39. The zero-order valence-corrected chi connectivity index (χ0v) is 11.8. The van der Waals surface area contributed by atoms with Gasteiger partial charge in [-0.2, -0.15) is 0 Å². The molecule has 0 aliphatic rings. The molecule has 1 heterocycles. The number of nitrogens with one attached hydrogen (secondary N) is 1. The molecule has 0 aliphatic heterocycles. The molecular formula is C14H18N2OS. The highest BCUT2D eigenvalue weighted by Crippen LogP contribution is 2.21. The topological polar surface area (TPSA) is 34.1 Å². The Morgan fingerprint density at radius 1 is 1.33 bits per heavy atom. The van der Waals surface area contributed by atoms with E-state index in [2.05, 4.69) is 46.9 Å². The number of anilines is 1. The van der Waals surface area contributed by atoms with Gasteiger partial charge < -0.3 is 10.1 Å². The fourth-order valence-corrected chi connectivity index (χ4v) is 2.41. The summed E-state index contributed by atoms with van der Waals surface area (Å²) < 4.78 is 5.25. The fourth-order valence-electron chi connectivity index (χ4n) is 1.56. The molecule has 1 aromatic heterocycles. The monoisotopic (exact) mass is 262 g/mol. The second-order valence-corrected chi connectivity index (χ2v) is 5.16. The van der Waals surface area contributed by atoms with Crippen LogP contribution in [0.15, 0.2) is 29.6 Å². The van der Waals surface area contributed by atoms with E-state index in [4.69, 9.17) is 4.74 Å². The molecule has 0 radical (unpaired) electrons. The van der Waals surface area contributed by atoms with Crippen molar-refractivity contribution in [3.05, 3.63) is 45.9 Å². The summed E-state index contributed by atoms with van der Waals surface area (Å²) in [6, 6.07) is 8.37. The molecule has 18 heavy (non-hydrogen) atoms. The van der Waals surface area contributed by atoms with Gasteiger partial charge in [-0.05, 0) is 26.0 Å². The second-order valence-electron chi connectivity index (χ2n) is 4.27. The van der Waals surface area contributed by atoms with Gasteiger partial charge in [-0.3, -0.25) is 0 Å². The molecule has 0 saturated carbocycles. The van der Waals surface area contributed by atoms with Crippen LogP contribution >= 0.6 is 11.3 Å². The van der Waals surface area contributed by atoms with E-state index in [0.29, 0.717) is 0 Å². The molecule has 0 amide bonds. The van der Waals surface area contributed by atoms with E-state index in [1.807, 2.05) is 6.92 Å². The van der Waals surface area contributed by atoms with E-state index in [-0.39, 0.29) is 6.10 Å². The van der Waals surface area contributed by atoms with Gasteiger partial charge in [0.15, 0.2) is 0 Å². The van der Waals surface area contributed by atoms with Crippen molar-refractivity contribution < 1.29 is 4.74 Å². The van der Waals surface area contributed by atoms with Gasteiger partial charge in [-0.15, -0.1) is 11.3 Å². The minimum Gasteiger partial charge on any atom is -0.379 e. The molecule has 0 saturated heterocycles. The van der Waals surface area contributed by atoms with Gasteiger partial charge in [0.25, 0.3) is 0 Å². The van der Waals surface area contributed by atoms with Crippen molar-refractivity contribution in [1.29, 1.82) is 0 Å². The first-order chi connectivity index (χ1) is 8.69. The van der Waals surface area contributed by atoms with Crippen molar-refractivity contribution in [3.8, 4) is 0 Å². The van der Waals surface area contributed by atoms with Gasteiger partial charge in [0, 0.05) is 18.2 Å². The molecule has 0 aliphatic carbocycles. The molecular weight excluding hydrogens is 244 g/mol. The summed E-state index contributed by atoms with van der Waals surface area (Å²) in [5, 5.41) is 6.46. The van der Waals surface area contributed by atoms with Crippen LogP contribution in [0.4, 0.5) is 5.69 Å². The predicted molar refractivity (Wildman–Crippen MR) is 76.0 cm³/mol. The summed E-state index contributed by atoms with van der Waals surface area (Å²) in [5.41, 5.74) is 3.44. The van der Waals surface area contributed by atoms with Gasteiger partial charge >= 0.3 is 0 Å². The van der Waals surface area contributed by atoms with Crippen LogP contribution in [0.1, 0.15) is 29.3 Å². The third-order valence-electron chi connectivity index (χ3n) is 2.80. The first kappa shape index (κ1) is 13.1. The van der Waals surface area contributed by atoms with Crippen LogP contribution in [0.2, 0.25) is 0 Å². The van der Waals surface area contributed by atoms with Crippen molar-refractivity contribution in [2.24, 2.45) is 0 Å². The van der Waals surface area contributed by atoms with E-state index in [0.717, 1.165) is 22.9 Å². The quantitative estimate of drug-likeness (QED) is 0.890. The molecule has 0 fully saturated rings. The summed E-state index contributed by atoms with van der Waals surface area (Å²) in [4.78, 5) is 4.54. The van der Waals surface area contributed by atoms with Crippen LogP contribution in [0, 0.1) is 6.92 Å². The number of ether oxygens (including phenoxy) is 1. The highest BCUT2D eigenvalue weighted by molar-refractivity contribution is 7.09. The normalized spacial score (nSPS) is 12.4. The molecule has 1 aromatic carbocycles. The van der Waals surface area contributed by atoms with Crippen molar-refractivity contribution in [3.63, 3.8) is 0 Å². The van der Waals surface area contributed by atoms with Gasteiger partial charge in [0.1, 0.15) is 11.1 Å². The van der Waals surface area contributed by atoms with E-state index in [9.17, 15) is 0 Å². The zero-order valence-electron chi connectivity index (χ0n) is 10.9. The highest BCUT2D eigenvalue weighted by Gasteiger charge is 2.08. The number of benzene rings is 1. The minimum atomic E-state index is 0.0723. The average molecular weight is 262 g/mol. The van der Waals surface area contributed by atoms with E-state index < -0.39 is 0 Å². The Morgan fingerprint density at radius 2 is 2.06 bits per heavy atom. The molecule has 2 aromatic rings. The van der Waals surface area contributed by atoms with Crippen molar-refractivity contribution >= 4 is 17.0 Å². The maximum absolute atomic E-state index is 5.25. The molecule has 4 heteroatoms. The third-order valence-corrected chi connectivity index (χ3v) is 3.85.